The van der Waals surface area contributed by atoms with Gasteiger partial charge in [-0.25, -0.2) is 14.8 Å². The fourth-order valence-electron chi connectivity index (χ4n) is 4.65. The molecule has 0 atom stereocenters. The first-order valence-corrected chi connectivity index (χ1v) is 14.5. The number of carboxylic acid groups (broad SMARTS) is 1. The number of nitrogens with zero attached hydrogens (tertiary/aromatic N) is 2. The van der Waals surface area contributed by atoms with E-state index in [2.05, 4.69) is 29.9 Å². The van der Waals surface area contributed by atoms with E-state index in [4.69, 9.17) is 5.11 Å². The largest absolute Gasteiger partial charge is 0.478 e. The molecule has 2 rings (SSSR count). The molecule has 0 unspecified atom stereocenters. The highest BCUT2D eigenvalue weighted by molar-refractivity contribution is 5.85. The van der Waals surface area contributed by atoms with E-state index in [0.717, 1.165) is 36.2 Å². The molecule has 0 saturated heterocycles. The first kappa shape index (κ1) is 29.7. The summed E-state index contributed by atoms with van der Waals surface area (Å²) in [7, 11) is 0. The van der Waals surface area contributed by atoms with Crippen molar-refractivity contribution in [2.45, 2.75) is 123 Å². The Morgan fingerprint density at radius 2 is 1.28 bits per heavy atom. The van der Waals surface area contributed by atoms with Gasteiger partial charge in [-0.15, -0.1) is 0 Å². The van der Waals surface area contributed by atoms with Crippen LogP contribution in [0.1, 0.15) is 127 Å². The van der Waals surface area contributed by atoms with Crippen LogP contribution in [-0.4, -0.2) is 21.0 Å². The van der Waals surface area contributed by atoms with Crippen LogP contribution < -0.4 is 0 Å². The van der Waals surface area contributed by atoms with Gasteiger partial charge in [-0.3, -0.25) is 0 Å². The van der Waals surface area contributed by atoms with Gasteiger partial charge in [0.15, 0.2) is 5.82 Å². The third kappa shape index (κ3) is 12.5. The monoisotopic (exact) mass is 492 g/mol. The zero-order chi connectivity index (χ0) is 25.8. The summed E-state index contributed by atoms with van der Waals surface area (Å²) >= 11 is 0. The van der Waals surface area contributed by atoms with Gasteiger partial charge in [-0.2, -0.15) is 0 Å². The Hall–Kier alpha value is -2.49. The summed E-state index contributed by atoms with van der Waals surface area (Å²) in [6.45, 7) is 4.50. The van der Waals surface area contributed by atoms with Gasteiger partial charge >= 0.3 is 5.97 Å². The number of aliphatic carboxylic acids is 1. The second-order valence-electron chi connectivity index (χ2n) is 10.1. The smallest absolute Gasteiger partial charge is 0.328 e. The molecule has 1 aromatic carbocycles. The van der Waals surface area contributed by atoms with Crippen LogP contribution in [0.15, 0.2) is 36.7 Å². The van der Waals surface area contributed by atoms with Crippen LogP contribution in [0.25, 0.3) is 17.5 Å². The first-order valence-electron chi connectivity index (χ1n) is 14.5. The highest BCUT2D eigenvalue weighted by Crippen LogP contribution is 2.23. The molecule has 1 heterocycles. The number of aryl methyl sites for hydroxylation is 2. The van der Waals surface area contributed by atoms with E-state index in [1.165, 1.54) is 107 Å². The van der Waals surface area contributed by atoms with Crippen molar-refractivity contribution < 1.29 is 9.90 Å². The average Bonchev–Trinajstić information content (AvgIpc) is 2.89. The number of carboxylic acids is 1. The number of rotatable bonds is 20. The number of aromatic nitrogens is 2. The number of carbonyl (C=O) groups is 1. The van der Waals surface area contributed by atoms with Crippen LogP contribution in [0.5, 0.6) is 0 Å². The third-order valence-electron chi connectivity index (χ3n) is 6.88. The fraction of sp³-hybridized carbons (Fsp3) is 0.594. The summed E-state index contributed by atoms with van der Waals surface area (Å²) in [4.78, 5) is 20.3. The molecule has 0 amide bonds. The molecule has 0 spiro atoms. The Morgan fingerprint density at radius 1 is 0.750 bits per heavy atom. The molecule has 198 valence electrons. The van der Waals surface area contributed by atoms with Gasteiger partial charge in [0.25, 0.3) is 0 Å². The molecule has 0 aliphatic rings. The third-order valence-corrected chi connectivity index (χ3v) is 6.88. The van der Waals surface area contributed by atoms with Crippen LogP contribution >= 0.6 is 0 Å². The molecular weight excluding hydrogens is 444 g/mol. The van der Waals surface area contributed by atoms with Crippen molar-refractivity contribution in [3.05, 3.63) is 53.4 Å². The van der Waals surface area contributed by atoms with Crippen molar-refractivity contribution in [3.63, 3.8) is 0 Å². The molecule has 4 heteroatoms. The summed E-state index contributed by atoms with van der Waals surface area (Å²) in [5.41, 5.74) is 4.34. The van der Waals surface area contributed by atoms with Crippen molar-refractivity contribution in [3.8, 4) is 11.4 Å². The first-order chi connectivity index (χ1) is 17.6. The second kappa shape index (κ2) is 18.7. The molecule has 0 bridgehead atoms. The maximum Gasteiger partial charge on any atom is 0.328 e. The van der Waals surface area contributed by atoms with E-state index in [1.54, 1.807) is 6.08 Å². The van der Waals surface area contributed by atoms with E-state index in [1.807, 2.05) is 24.5 Å². The molecule has 0 fully saturated rings. The van der Waals surface area contributed by atoms with E-state index in [9.17, 15) is 4.79 Å². The molecule has 36 heavy (non-hydrogen) atoms. The molecule has 0 radical (unpaired) electrons. The highest BCUT2D eigenvalue weighted by Gasteiger charge is 2.07. The van der Waals surface area contributed by atoms with Gasteiger partial charge in [0.05, 0.1) is 0 Å². The van der Waals surface area contributed by atoms with Crippen molar-refractivity contribution in [2.24, 2.45) is 0 Å². The Balaban J connectivity index is 1.89. The maximum atomic E-state index is 11.0. The lowest BCUT2D eigenvalue weighted by molar-refractivity contribution is -0.131. The number of hydrogen-bond donors (Lipinski definition) is 1. The molecule has 0 aliphatic heterocycles. The molecule has 0 aliphatic carbocycles. The summed E-state index contributed by atoms with van der Waals surface area (Å²) in [6.07, 6.45) is 28.3. The molecule has 2 aromatic rings. The predicted octanol–water partition coefficient (Wildman–Crippen LogP) is 9.22. The van der Waals surface area contributed by atoms with E-state index < -0.39 is 5.97 Å². The Bertz CT molecular complexity index is 890. The number of benzene rings is 1. The Morgan fingerprint density at radius 3 is 1.83 bits per heavy atom. The topological polar surface area (TPSA) is 63.1 Å². The van der Waals surface area contributed by atoms with Crippen LogP contribution in [0.4, 0.5) is 0 Å². The summed E-state index contributed by atoms with van der Waals surface area (Å²) in [6, 6.07) is 6.14. The molecule has 1 aromatic heterocycles. The molecular formula is C32H48N2O2. The van der Waals surface area contributed by atoms with Gasteiger partial charge in [-0.05, 0) is 54.5 Å². The van der Waals surface area contributed by atoms with Crippen LogP contribution in [-0.2, 0) is 17.6 Å². The van der Waals surface area contributed by atoms with Crippen molar-refractivity contribution in [1.82, 2.24) is 9.97 Å². The van der Waals surface area contributed by atoms with Gasteiger partial charge in [0.1, 0.15) is 0 Å². The average molecular weight is 493 g/mol. The zero-order valence-corrected chi connectivity index (χ0v) is 22.8. The standard InChI is InChI=1S/C32H48N2O2/c1-3-5-7-9-11-12-13-14-16-18-27-25-33-32(34-26-27)30-21-20-28(22-23-31(35)36)29(24-30)19-17-15-10-8-6-4-2/h20-26H,3-19H2,1-2H3,(H,35,36)/b23-22+. The Kier molecular flexibility index (Phi) is 15.5. The molecule has 4 nitrogen and oxygen atoms in total. The summed E-state index contributed by atoms with van der Waals surface area (Å²) in [5, 5.41) is 9.06. The lowest BCUT2D eigenvalue weighted by atomic mass is 9.97. The lowest BCUT2D eigenvalue weighted by Gasteiger charge is -2.10. The second-order valence-corrected chi connectivity index (χ2v) is 10.1. The van der Waals surface area contributed by atoms with Gasteiger partial charge < -0.3 is 5.11 Å². The van der Waals surface area contributed by atoms with Crippen LogP contribution in [0.2, 0.25) is 0 Å². The van der Waals surface area contributed by atoms with Gasteiger partial charge in [-0.1, -0.05) is 109 Å². The predicted molar refractivity (Wildman–Crippen MR) is 152 cm³/mol. The summed E-state index contributed by atoms with van der Waals surface area (Å²) < 4.78 is 0. The van der Waals surface area contributed by atoms with Crippen LogP contribution in [0, 0.1) is 0 Å². The highest BCUT2D eigenvalue weighted by atomic mass is 16.4. The summed E-state index contributed by atoms with van der Waals surface area (Å²) in [5.74, 6) is -0.181. The lowest BCUT2D eigenvalue weighted by Crippen LogP contribution is -1.97. The molecule has 1 N–H and O–H groups in total. The minimum absolute atomic E-state index is 0.740. The minimum Gasteiger partial charge on any atom is -0.478 e. The Labute approximate surface area is 219 Å². The van der Waals surface area contributed by atoms with Gasteiger partial charge in [0.2, 0.25) is 0 Å². The maximum absolute atomic E-state index is 11.0. The normalized spacial score (nSPS) is 11.4. The van der Waals surface area contributed by atoms with E-state index in [0.29, 0.717) is 0 Å². The quantitative estimate of drug-likeness (QED) is 0.148. The minimum atomic E-state index is -0.921. The molecule has 0 saturated carbocycles. The number of hydrogen-bond acceptors (Lipinski definition) is 3. The van der Waals surface area contributed by atoms with Crippen molar-refractivity contribution in [1.29, 1.82) is 0 Å². The van der Waals surface area contributed by atoms with Crippen LogP contribution in [0.3, 0.4) is 0 Å². The zero-order valence-electron chi connectivity index (χ0n) is 22.8. The number of unbranched alkanes of at least 4 members (excludes halogenated alkanes) is 13. The fourth-order valence-corrected chi connectivity index (χ4v) is 4.65. The van der Waals surface area contributed by atoms with Crippen molar-refractivity contribution >= 4 is 12.0 Å². The van der Waals surface area contributed by atoms with E-state index in [-0.39, 0.29) is 0 Å². The SMILES string of the molecule is CCCCCCCCCCCc1cnc(-c2ccc(/C=C/C(=O)O)c(CCCCCCCC)c2)nc1. The van der Waals surface area contributed by atoms with Crippen molar-refractivity contribution in [2.75, 3.05) is 0 Å². The van der Waals surface area contributed by atoms with Gasteiger partial charge in [0, 0.05) is 24.0 Å². The van der Waals surface area contributed by atoms with E-state index >= 15 is 0 Å².